The number of aliphatic carboxylic acids is 1. The lowest BCUT2D eigenvalue weighted by molar-refractivity contribution is -0.138. The molecule has 5 nitrogen and oxygen atoms in total. The maximum Gasteiger partial charge on any atom is 0.416 e. The van der Waals surface area contributed by atoms with Crippen LogP contribution in [0.2, 0.25) is 0 Å². The lowest BCUT2D eigenvalue weighted by Crippen LogP contribution is -2.05. The summed E-state index contributed by atoms with van der Waals surface area (Å²) in [5.74, 6) is 0.0363. The first-order chi connectivity index (χ1) is 16.7. The zero-order chi connectivity index (χ0) is 25.2. The van der Waals surface area contributed by atoms with E-state index < -0.39 is 23.8 Å². The lowest BCUT2D eigenvalue weighted by Gasteiger charge is -2.17. The van der Waals surface area contributed by atoms with Crippen molar-refractivity contribution in [2.24, 2.45) is 0 Å². The Hall–Kier alpha value is -3.81. The van der Waals surface area contributed by atoms with Crippen LogP contribution < -0.4 is 4.74 Å². The molecule has 1 N–H and O–H groups in total. The SMILES string of the molecule is CCc1cc(OC(C)c2cccc3nc(-c4ccc(C(F)(F)F)cc4)oc23)ccc1CCC(=O)O. The number of benzene rings is 3. The number of nitrogens with zero attached hydrogens (tertiary/aromatic N) is 1. The van der Waals surface area contributed by atoms with E-state index in [9.17, 15) is 18.0 Å². The fraction of sp³-hybridized carbons (Fsp3) is 0.259. The van der Waals surface area contributed by atoms with Crippen LogP contribution in [0.4, 0.5) is 13.2 Å². The molecule has 1 unspecified atom stereocenters. The van der Waals surface area contributed by atoms with Crippen molar-refractivity contribution in [1.29, 1.82) is 0 Å². The Morgan fingerprint density at radius 3 is 2.49 bits per heavy atom. The van der Waals surface area contributed by atoms with E-state index in [0.717, 1.165) is 35.2 Å². The molecule has 0 aliphatic heterocycles. The van der Waals surface area contributed by atoms with Gasteiger partial charge in [0.15, 0.2) is 5.58 Å². The summed E-state index contributed by atoms with van der Waals surface area (Å²) in [6.45, 7) is 3.88. The van der Waals surface area contributed by atoms with Gasteiger partial charge in [-0.15, -0.1) is 0 Å². The van der Waals surface area contributed by atoms with E-state index in [4.69, 9.17) is 14.3 Å². The second-order valence-electron chi connectivity index (χ2n) is 8.23. The fourth-order valence-electron chi connectivity index (χ4n) is 3.97. The predicted octanol–water partition coefficient (Wildman–Crippen LogP) is 7.23. The van der Waals surface area contributed by atoms with Gasteiger partial charge in [-0.1, -0.05) is 25.1 Å². The molecule has 0 aliphatic rings. The van der Waals surface area contributed by atoms with Gasteiger partial charge in [0, 0.05) is 17.5 Å². The zero-order valence-electron chi connectivity index (χ0n) is 19.2. The van der Waals surface area contributed by atoms with Crippen molar-refractivity contribution in [1.82, 2.24) is 4.98 Å². The molecule has 8 heteroatoms. The summed E-state index contributed by atoms with van der Waals surface area (Å²) in [7, 11) is 0. The van der Waals surface area contributed by atoms with Crippen molar-refractivity contribution in [2.75, 3.05) is 0 Å². The van der Waals surface area contributed by atoms with Crippen molar-refractivity contribution >= 4 is 17.1 Å². The number of carboxylic acid groups (broad SMARTS) is 1. The third-order valence-electron chi connectivity index (χ3n) is 5.82. The largest absolute Gasteiger partial charge is 0.486 e. The van der Waals surface area contributed by atoms with E-state index in [-0.39, 0.29) is 12.3 Å². The Labute approximate surface area is 200 Å². The first-order valence-electron chi connectivity index (χ1n) is 11.2. The Balaban J connectivity index is 1.58. The highest BCUT2D eigenvalue weighted by atomic mass is 19.4. The van der Waals surface area contributed by atoms with Crippen LogP contribution in [0, 0.1) is 0 Å². The van der Waals surface area contributed by atoms with E-state index >= 15 is 0 Å². The molecule has 4 rings (SSSR count). The molecule has 0 saturated carbocycles. The number of para-hydroxylation sites is 1. The molecule has 0 amide bonds. The Morgan fingerprint density at radius 2 is 1.83 bits per heavy atom. The highest BCUT2D eigenvalue weighted by molar-refractivity contribution is 5.79. The van der Waals surface area contributed by atoms with Crippen LogP contribution in [0.15, 0.2) is 65.1 Å². The molecule has 0 saturated heterocycles. The van der Waals surface area contributed by atoms with Gasteiger partial charge >= 0.3 is 12.1 Å². The molecule has 0 bridgehead atoms. The van der Waals surface area contributed by atoms with Crippen molar-refractivity contribution in [3.63, 3.8) is 0 Å². The molecule has 0 fully saturated rings. The van der Waals surface area contributed by atoms with E-state index in [1.54, 1.807) is 6.07 Å². The maximum absolute atomic E-state index is 12.9. The van der Waals surface area contributed by atoms with Crippen LogP contribution in [-0.2, 0) is 23.8 Å². The van der Waals surface area contributed by atoms with Crippen LogP contribution in [-0.4, -0.2) is 16.1 Å². The van der Waals surface area contributed by atoms with Gasteiger partial charge in [-0.2, -0.15) is 13.2 Å². The van der Waals surface area contributed by atoms with Gasteiger partial charge in [-0.25, -0.2) is 4.98 Å². The van der Waals surface area contributed by atoms with Gasteiger partial charge in [0.1, 0.15) is 17.4 Å². The number of oxazole rings is 1. The molecule has 3 aromatic carbocycles. The summed E-state index contributed by atoms with van der Waals surface area (Å²) in [6, 6.07) is 15.8. The van der Waals surface area contributed by atoms with E-state index in [1.807, 2.05) is 44.2 Å². The number of halogens is 3. The molecule has 0 aliphatic carbocycles. The zero-order valence-corrected chi connectivity index (χ0v) is 19.2. The molecule has 1 aromatic heterocycles. The Morgan fingerprint density at radius 1 is 1.09 bits per heavy atom. The van der Waals surface area contributed by atoms with Crippen molar-refractivity contribution in [2.45, 2.75) is 45.4 Å². The van der Waals surface area contributed by atoms with Crippen LogP contribution >= 0.6 is 0 Å². The molecular formula is C27H24F3NO4. The quantitative estimate of drug-likeness (QED) is 0.286. The monoisotopic (exact) mass is 483 g/mol. The van der Waals surface area contributed by atoms with Crippen LogP contribution in [0.3, 0.4) is 0 Å². The highest BCUT2D eigenvalue weighted by Crippen LogP contribution is 2.34. The molecule has 4 aromatic rings. The fourth-order valence-corrected chi connectivity index (χ4v) is 3.97. The summed E-state index contributed by atoms with van der Waals surface area (Å²) < 4.78 is 50.8. The van der Waals surface area contributed by atoms with Crippen molar-refractivity contribution in [3.05, 3.63) is 82.9 Å². The number of alkyl halides is 3. The average molecular weight is 483 g/mol. The minimum atomic E-state index is -4.41. The highest BCUT2D eigenvalue weighted by Gasteiger charge is 2.30. The number of ether oxygens (including phenoxy) is 1. The van der Waals surface area contributed by atoms with E-state index in [0.29, 0.717) is 28.8 Å². The summed E-state index contributed by atoms with van der Waals surface area (Å²) in [5.41, 5.74) is 3.54. The second kappa shape index (κ2) is 9.82. The summed E-state index contributed by atoms with van der Waals surface area (Å²) in [5, 5.41) is 8.96. The number of aryl methyl sites for hydroxylation is 2. The average Bonchev–Trinajstić information content (AvgIpc) is 3.27. The smallest absolute Gasteiger partial charge is 0.416 e. The molecule has 35 heavy (non-hydrogen) atoms. The molecule has 0 radical (unpaired) electrons. The third-order valence-corrected chi connectivity index (χ3v) is 5.82. The first-order valence-corrected chi connectivity index (χ1v) is 11.2. The number of aromatic nitrogens is 1. The predicted molar refractivity (Wildman–Crippen MR) is 125 cm³/mol. The number of hydrogen-bond acceptors (Lipinski definition) is 4. The van der Waals surface area contributed by atoms with Crippen molar-refractivity contribution < 1.29 is 32.2 Å². The van der Waals surface area contributed by atoms with Gasteiger partial charge < -0.3 is 14.3 Å². The number of hydrogen-bond donors (Lipinski definition) is 1. The second-order valence-corrected chi connectivity index (χ2v) is 8.23. The molecule has 182 valence electrons. The number of carbonyl (C=O) groups is 1. The van der Waals surface area contributed by atoms with E-state index in [1.165, 1.54) is 12.1 Å². The topological polar surface area (TPSA) is 72.6 Å². The molecular weight excluding hydrogens is 459 g/mol. The van der Waals surface area contributed by atoms with Gasteiger partial charge in [0.05, 0.1) is 5.56 Å². The summed E-state index contributed by atoms with van der Waals surface area (Å²) in [4.78, 5) is 15.4. The first kappa shape index (κ1) is 24.3. The maximum atomic E-state index is 12.9. The van der Waals surface area contributed by atoms with Gasteiger partial charge in [-0.05, 0) is 73.4 Å². The summed E-state index contributed by atoms with van der Waals surface area (Å²) in [6.07, 6.45) is -3.54. The normalized spacial score (nSPS) is 12.6. The Kier molecular flexibility index (Phi) is 6.82. The van der Waals surface area contributed by atoms with Crippen LogP contribution in [0.25, 0.3) is 22.6 Å². The van der Waals surface area contributed by atoms with Gasteiger partial charge in [0.25, 0.3) is 0 Å². The van der Waals surface area contributed by atoms with Crippen LogP contribution in [0.1, 0.15) is 48.6 Å². The Bertz CT molecular complexity index is 1340. The standard InChI is InChI=1S/C27H24F3NO4/c1-3-17-15-21(13-9-18(17)10-14-24(32)33)34-16(2)22-5-4-6-23-25(22)35-26(31-23)19-7-11-20(12-8-19)27(28,29)30/h4-9,11-13,15-16H,3,10,14H2,1-2H3,(H,32,33). The van der Waals surface area contributed by atoms with Crippen LogP contribution in [0.5, 0.6) is 5.75 Å². The van der Waals surface area contributed by atoms with E-state index in [2.05, 4.69) is 4.98 Å². The lowest BCUT2D eigenvalue weighted by atomic mass is 10.0. The molecule has 0 spiro atoms. The minimum absolute atomic E-state index is 0.0678. The minimum Gasteiger partial charge on any atom is -0.486 e. The number of carboxylic acids is 1. The summed E-state index contributed by atoms with van der Waals surface area (Å²) >= 11 is 0. The van der Waals surface area contributed by atoms with Gasteiger partial charge in [0.2, 0.25) is 5.89 Å². The molecule has 1 heterocycles. The van der Waals surface area contributed by atoms with Gasteiger partial charge in [-0.3, -0.25) is 4.79 Å². The number of rotatable bonds is 8. The van der Waals surface area contributed by atoms with Crippen molar-refractivity contribution in [3.8, 4) is 17.2 Å². The third kappa shape index (κ3) is 5.48. The number of fused-ring (bicyclic) bond motifs is 1. The molecule has 1 atom stereocenters.